The van der Waals surface area contributed by atoms with Crippen LogP contribution in [0.1, 0.15) is 18.2 Å². The van der Waals surface area contributed by atoms with Crippen molar-refractivity contribution in [1.82, 2.24) is 10.1 Å². The van der Waals surface area contributed by atoms with Crippen molar-refractivity contribution in [1.29, 1.82) is 0 Å². The third-order valence-corrected chi connectivity index (χ3v) is 3.83. The molecule has 0 bridgehead atoms. The summed E-state index contributed by atoms with van der Waals surface area (Å²) in [5.74, 6) is -0.000660. The van der Waals surface area contributed by atoms with Gasteiger partial charge < -0.3 is 14.3 Å². The van der Waals surface area contributed by atoms with E-state index in [1.54, 1.807) is 25.1 Å². The first-order valence-electron chi connectivity index (χ1n) is 6.72. The van der Waals surface area contributed by atoms with Crippen LogP contribution in [0.5, 0.6) is 0 Å². The molecule has 0 spiro atoms. The van der Waals surface area contributed by atoms with E-state index in [2.05, 4.69) is 10.1 Å². The van der Waals surface area contributed by atoms with Crippen molar-refractivity contribution >= 4 is 29.1 Å². The first-order valence-corrected chi connectivity index (χ1v) is 7.10. The van der Waals surface area contributed by atoms with Gasteiger partial charge in [-0.2, -0.15) is 4.98 Å². The van der Waals surface area contributed by atoms with E-state index in [-0.39, 0.29) is 23.3 Å². The molecule has 6 nitrogen and oxygen atoms in total. The van der Waals surface area contributed by atoms with Crippen molar-refractivity contribution in [2.24, 2.45) is 0 Å². The number of carbonyl (C=O) groups is 1. The van der Waals surface area contributed by atoms with Gasteiger partial charge in [-0.3, -0.25) is 4.79 Å². The summed E-state index contributed by atoms with van der Waals surface area (Å²) < 4.78 is 18.8. The van der Waals surface area contributed by atoms with E-state index in [9.17, 15) is 9.18 Å². The fourth-order valence-electron chi connectivity index (χ4n) is 2.35. The van der Waals surface area contributed by atoms with E-state index >= 15 is 0 Å². The van der Waals surface area contributed by atoms with Gasteiger partial charge in [0.1, 0.15) is 5.82 Å². The lowest BCUT2D eigenvalue weighted by Gasteiger charge is -2.16. The quantitative estimate of drug-likeness (QED) is 0.868. The Bertz CT molecular complexity index is 719. The summed E-state index contributed by atoms with van der Waals surface area (Å²) in [6.45, 7) is 0.370. The first-order chi connectivity index (χ1) is 10.5. The Morgan fingerprint density at radius 3 is 2.86 bits per heavy atom. The SMILES string of the molecule is CN(C)c1noc(C2CC(=O)N(c3ccc(Cl)c(F)c3)C2)n1. The van der Waals surface area contributed by atoms with Crippen LogP contribution in [0.3, 0.4) is 0 Å². The fraction of sp³-hybridized carbons (Fsp3) is 0.357. The summed E-state index contributed by atoms with van der Waals surface area (Å²) in [5.41, 5.74) is 0.474. The molecule has 1 fully saturated rings. The molecule has 0 saturated carbocycles. The number of hydrogen-bond donors (Lipinski definition) is 0. The van der Waals surface area contributed by atoms with Crippen molar-refractivity contribution in [3.05, 3.63) is 34.9 Å². The molecule has 1 saturated heterocycles. The molecule has 8 heteroatoms. The molecule has 3 rings (SSSR count). The average Bonchev–Trinajstić information content (AvgIpc) is 3.08. The Hall–Kier alpha value is -2.15. The molecule has 1 aliphatic rings. The van der Waals surface area contributed by atoms with Crippen LogP contribution >= 0.6 is 11.6 Å². The fourth-order valence-corrected chi connectivity index (χ4v) is 2.47. The van der Waals surface area contributed by atoms with Crippen LogP contribution in [0.2, 0.25) is 5.02 Å². The number of rotatable bonds is 3. The average molecular weight is 325 g/mol. The van der Waals surface area contributed by atoms with Crippen molar-refractivity contribution < 1.29 is 13.7 Å². The zero-order valence-corrected chi connectivity index (χ0v) is 12.8. The minimum atomic E-state index is -0.553. The molecular weight excluding hydrogens is 311 g/mol. The molecule has 1 aliphatic heterocycles. The van der Waals surface area contributed by atoms with E-state index in [4.69, 9.17) is 16.1 Å². The summed E-state index contributed by atoms with van der Waals surface area (Å²) in [6, 6.07) is 4.30. The highest BCUT2D eigenvalue weighted by atomic mass is 35.5. The van der Waals surface area contributed by atoms with E-state index in [0.717, 1.165) is 0 Å². The van der Waals surface area contributed by atoms with Gasteiger partial charge in [0.05, 0.1) is 10.9 Å². The third-order valence-electron chi connectivity index (χ3n) is 3.52. The molecule has 2 aromatic rings. The summed E-state index contributed by atoms with van der Waals surface area (Å²) in [6.07, 6.45) is 0.249. The summed E-state index contributed by atoms with van der Waals surface area (Å²) >= 11 is 5.66. The monoisotopic (exact) mass is 324 g/mol. The van der Waals surface area contributed by atoms with Gasteiger partial charge in [-0.05, 0) is 23.4 Å². The molecule has 0 N–H and O–H groups in total. The summed E-state index contributed by atoms with van der Waals surface area (Å²) in [4.78, 5) is 19.6. The lowest BCUT2D eigenvalue weighted by molar-refractivity contribution is -0.117. The highest BCUT2D eigenvalue weighted by Crippen LogP contribution is 2.32. The van der Waals surface area contributed by atoms with Crippen LogP contribution in [-0.4, -0.2) is 36.7 Å². The lowest BCUT2D eigenvalue weighted by Crippen LogP contribution is -2.24. The molecule has 1 aromatic carbocycles. The van der Waals surface area contributed by atoms with Gasteiger partial charge >= 0.3 is 0 Å². The largest absolute Gasteiger partial charge is 0.344 e. The van der Waals surface area contributed by atoms with Crippen LogP contribution in [0.4, 0.5) is 16.0 Å². The first kappa shape index (κ1) is 14.8. The van der Waals surface area contributed by atoms with E-state index in [1.165, 1.54) is 17.0 Å². The second-order valence-electron chi connectivity index (χ2n) is 5.33. The molecular formula is C14H14ClFN4O2. The maximum Gasteiger partial charge on any atom is 0.265 e. The number of halogens is 2. The smallest absolute Gasteiger partial charge is 0.265 e. The molecule has 1 aromatic heterocycles. The Morgan fingerprint density at radius 1 is 1.45 bits per heavy atom. The maximum atomic E-state index is 13.6. The molecule has 0 radical (unpaired) electrons. The number of anilines is 2. The Kier molecular flexibility index (Phi) is 3.74. The van der Waals surface area contributed by atoms with E-state index < -0.39 is 5.82 Å². The van der Waals surface area contributed by atoms with Crippen molar-refractivity contribution in [3.8, 4) is 0 Å². The summed E-state index contributed by atoms with van der Waals surface area (Å²) in [5, 5.41) is 3.87. The van der Waals surface area contributed by atoms with Crippen molar-refractivity contribution in [3.63, 3.8) is 0 Å². The molecule has 0 aliphatic carbocycles. The predicted octanol–water partition coefficient (Wildman–Crippen LogP) is 2.45. The second kappa shape index (κ2) is 5.57. The standard InChI is InChI=1S/C14H14ClFN4O2/c1-19(2)14-17-13(22-18-14)8-5-12(21)20(7-8)9-3-4-10(15)11(16)6-9/h3-4,6,8H,5,7H2,1-2H3. The number of amides is 1. The van der Waals surface area contributed by atoms with Gasteiger partial charge in [0, 0.05) is 32.7 Å². The molecule has 1 unspecified atom stereocenters. The molecule has 1 amide bonds. The third kappa shape index (κ3) is 2.64. The number of carbonyl (C=O) groups excluding carboxylic acids is 1. The molecule has 1 atom stereocenters. The number of nitrogens with zero attached hydrogens (tertiary/aromatic N) is 4. The molecule has 2 heterocycles. The van der Waals surface area contributed by atoms with Crippen LogP contribution in [-0.2, 0) is 4.79 Å². The highest BCUT2D eigenvalue weighted by molar-refractivity contribution is 6.30. The second-order valence-corrected chi connectivity index (χ2v) is 5.74. The van der Waals surface area contributed by atoms with Crippen LogP contribution in [0.15, 0.2) is 22.7 Å². The molecule has 22 heavy (non-hydrogen) atoms. The van der Waals surface area contributed by atoms with E-state index in [1.807, 2.05) is 0 Å². The zero-order chi connectivity index (χ0) is 15.9. The highest BCUT2D eigenvalue weighted by Gasteiger charge is 2.35. The Balaban J connectivity index is 1.81. The number of benzene rings is 1. The Labute approximate surface area is 131 Å². The maximum absolute atomic E-state index is 13.6. The Morgan fingerprint density at radius 2 is 2.23 bits per heavy atom. The minimum Gasteiger partial charge on any atom is -0.344 e. The van der Waals surface area contributed by atoms with E-state index in [0.29, 0.717) is 24.1 Å². The minimum absolute atomic E-state index is 0.0273. The van der Waals surface area contributed by atoms with Gasteiger partial charge in [-0.15, -0.1) is 0 Å². The predicted molar refractivity (Wildman–Crippen MR) is 79.7 cm³/mol. The lowest BCUT2D eigenvalue weighted by atomic mass is 10.1. The molecule has 116 valence electrons. The van der Waals surface area contributed by atoms with Gasteiger partial charge in [0.15, 0.2) is 0 Å². The van der Waals surface area contributed by atoms with Crippen LogP contribution in [0.25, 0.3) is 0 Å². The number of aromatic nitrogens is 2. The topological polar surface area (TPSA) is 62.5 Å². The summed E-state index contributed by atoms with van der Waals surface area (Å²) in [7, 11) is 3.61. The van der Waals surface area contributed by atoms with Crippen LogP contribution < -0.4 is 9.80 Å². The van der Waals surface area contributed by atoms with Crippen molar-refractivity contribution in [2.75, 3.05) is 30.4 Å². The van der Waals surface area contributed by atoms with Crippen molar-refractivity contribution in [2.45, 2.75) is 12.3 Å². The van der Waals surface area contributed by atoms with Gasteiger partial charge in [-0.1, -0.05) is 11.6 Å². The van der Waals surface area contributed by atoms with Gasteiger partial charge in [0.25, 0.3) is 5.95 Å². The van der Waals surface area contributed by atoms with Crippen LogP contribution in [0, 0.1) is 5.82 Å². The zero-order valence-electron chi connectivity index (χ0n) is 12.1. The number of hydrogen-bond acceptors (Lipinski definition) is 5. The normalized spacial score (nSPS) is 18.1. The van der Waals surface area contributed by atoms with Gasteiger partial charge in [0.2, 0.25) is 11.8 Å². The van der Waals surface area contributed by atoms with Gasteiger partial charge in [-0.25, -0.2) is 4.39 Å².